The average molecular weight is 516 g/mol. The molecule has 0 radical (unpaired) electrons. The Morgan fingerprint density at radius 3 is 2.62 bits per heavy atom. The second-order valence-corrected chi connectivity index (χ2v) is 10.4. The number of rotatable bonds is 7. The topological polar surface area (TPSA) is 94.2 Å². The monoisotopic (exact) mass is 515 g/mol. The Morgan fingerprint density at radius 1 is 1.30 bits per heavy atom. The number of benzene rings is 1. The van der Waals surface area contributed by atoms with E-state index in [1.807, 2.05) is 27.7 Å². The molecule has 1 fully saturated rings. The van der Waals surface area contributed by atoms with Gasteiger partial charge in [-0.1, -0.05) is 18.2 Å². The highest BCUT2D eigenvalue weighted by molar-refractivity contribution is 5.95. The number of urea groups is 2. The molecule has 2 unspecified atom stereocenters. The van der Waals surface area contributed by atoms with Crippen LogP contribution < -0.4 is 10.6 Å². The van der Waals surface area contributed by atoms with E-state index in [2.05, 4.69) is 22.1 Å². The molecular weight excluding hydrogens is 477 g/mol. The summed E-state index contributed by atoms with van der Waals surface area (Å²) in [4.78, 5) is 44.6. The standard InChI is InChI=1S/C27H38FN5O4/c1-7-12-33-21(17-31-13-14-32(18(3)16-31)26(36)30-27(4,5)6)22(24(34)37-8-2)23(29-25(33)35)19-10-9-11-20(28)15-19/h7,9-11,15,18,23H,1,8,12-14,16-17H2,2-6H3,(H,29,35)(H,30,36). The van der Waals surface area contributed by atoms with E-state index in [1.54, 1.807) is 30.0 Å². The second kappa shape index (κ2) is 11.8. The fourth-order valence-corrected chi connectivity index (χ4v) is 4.66. The third-order valence-electron chi connectivity index (χ3n) is 6.26. The first kappa shape index (κ1) is 28.2. The summed E-state index contributed by atoms with van der Waals surface area (Å²) in [6.07, 6.45) is 1.59. The summed E-state index contributed by atoms with van der Waals surface area (Å²) in [5.41, 5.74) is 0.842. The van der Waals surface area contributed by atoms with Gasteiger partial charge in [-0.3, -0.25) is 9.80 Å². The summed E-state index contributed by atoms with van der Waals surface area (Å²) >= 11 is 0. The van der Waals surface area contributed by atoms with Crippen molar-refractivity contribution in [1.29, 1.82) is 0 Å². The molecule has 0 spiro atoms. The molecule has 9 nitrogen and oxygen atoms in total. The van der Waals surface area contributed by atoms with Crippen LogP contribution >= 0.6 is 0 Å². The first-order valence-electron chi connectivity index (χ1n) is 12.6. The van der Waals surface area contributed by atoms with E-state index in [-0.39, 0.29) is 42.9 Å². The van der Waals surface area contributed by atoms with Gasteiger partial charge in [0, 0.05) is 50.0 Å². The van der Waals surface area contributed by atoms with Gasteiger partial charge in [-0.05, 0) is 52.3 Å². The van der Waals surface area contributed by atoms with Crippen LogP contribution in [0.15, 0.2) is 48.2 Å². The molecule has 4 amide bonds. The lowest BCUT2D eigenvalue weighted by Crippen LogP contribution is -2.59. The van der Waals surface area contributed by atoms with E-state index in [9.17, 15) is 18.8 Å². The lowest BCUT2D eigenvalue weighted by atomic mass is 9.94. The van der Waals surface area contributed by atoms with Crippen molar-refractivity contribution in [2.24, 2.45) is 0 Å². The smallest absolute Gasteiger partial charge is 0.338 e. The van der Waals surface area contributed by atoms with Crippen LogP contribution in [0.3, 0.4) is 0 Å². The van der Waals surface area contributed by atoms with Crippen LogP contribution in [0.2, 0.25) is 0 Å². The molecular formula is C27H38FN5O4. The summed E-state index contributed by atoms with van der Waals surface area (Å²) in [5.74, 6) is -1.04. The molecule has 1 saturated heterocycles. The summed E-state index contributed by atoms with van der Waals surface area (Å²) in [7, 11) is 0. The van der Waals surface area contributed by atoms with Crippen LogP contribution in [-0.4, -0.2) is 83.6 Å². The number of esters is 1. The lowest BCUT2D eigenvalue weighted by molar-refractivity contribution is -0.139. The molecule has 0 saturated carbocycles. The molecule has 3 rings (SSSR count). The minimum absolute atomic E-state index is 0.0907. The number of amides is 4. The quantitative estimate of drug-likeness (QED) is 0.429. The van der Waals surface area contributed by atoms with Crippen molar-refractivity contribution in [2.75, 3.05) is 39.3 Å². The Bertz CT molecular complexity index is 1070. The third kappa shape index (κ3) is 6.88. The molecule has 0 bridgehead atoms. The lowest BCUT2D eigenvalue weighted by Gasteiger charge is -2.43. The molecule has 37 heavy (non-hydrogen) atoms. The van der Waals surface area contributed by atoms with Crippen molar-refractivity contribution < 1.29 is 23.5 Å². The van der Waals surface area contributed by atoms with Gasteiger partial charge < -0.3 is 20.3 Å². The Morgan fingerprint density at radius 2 is 2.03 bits per heavy atom. The summed E-state index contributed by atoms with van der Waals surface area (Å²) in [6, 6.07) is 4.34. The Balaban J connectivity index is 1.96. The first-order chi connectivity index (χ1) is 17.4. The molecule has 2 N–H and O–H groups in total. The molecule has 1 aromatic carbocycles. The van der Waals surface area contributed by atoms with Gasteiger partial charge in [0.15, 0.2) is 0 Å². The van der Waals surface area contributed by atoms with Gasteiger partial charge in [-0.25, -0.2) is 18.8 Å². The maximum atomic E-state index is 14.1. The highest BCUT2D eigenvalue weighted by Gasteiger charge is 2.39. The average Bonchev–Trinajstić information content (AvgIpc) is 2.80. The van der Waals surface area contributed by atoms with E-state index in [0.29, 0.717) is 30.9 Å². The molecule has 0 aliphatic carbocycles. The van der Waals surface area contributed by atoms with E-state index in [1.165, 1.54) is 17.0 Å². The van der Waals surface area contributed by atoms with Crippen LogP contribution in [-0.2, 0) is 9.53 Å². The van der Waals surface area contributed by atoms with Crippen LogP contribution in [0.5, 0.6) is 0 Å². The zero-order valence-corrected chi connectivity index (χ0v) is 22.3. The number of nitrogens with one attached hydrogen (secondary N) is 2. The maximum Gasteiger partial charge on any atom is 0.338 e. The van der Waals surface area contributed by atoms with Crippen LogP contribution in [0.4, 0.5) is 14.0 Å². The van der Waals surface area contributed by atoms with Gasteiger partial charge in [0.1, 0.15) is 5.82 Å². The largest absolute Gasteiger partial charge is 0.463 e. The molecule has 10 heteroatoms. The minimum atomic E-state index is -0.866. The van der Waals surface area contributed by atoms with E-state index < -0.39 is 23.9 Å². The fraction of sp³-hybridized carbons (Fsp3) is 0.519. The van der Waals surface area contributed by atoms with Gasteiger partial charge in [-0.15, -0.1) is 6.58 Å². The van der Waals surface area contributed by atoms with Gasteiger partial charge in [0.25, 0.3) is 0 Å². The zero-order valence-electron chi connectivity index (χ0n) is 22.3. The minimum Gasteiger partial charge on any atom is -0.463 e. The SMILES string of the molecule is C=CCN1C(=O)NC(c2cccc(F)c2)C(C(=O)OCC)=C1CN1CCN(C(=O)NC(C)(C)C)C(C)C1. The zero-order chi connectivity index (χ0) is 27.3. The van der Waals surface area contributed by atoms with Crippen molar-refractivity contribution in [2.45, 2.75) is 52.2 Å². The fourth-order valence-electron chi connectivity index (χ4n) is 4.66. The summed E-state index contributed by atoms with van der Waals surface area (Å²) in [5, 5.41) is 5.84. The Hall–Kier alpha value is -3.40. The Labute approximate surface area is 218 Å². The number of carbonyl (C=O) groups excluding carboxylic acids is 3. The maximum absolute atomic E-state index is 14.1. The number of hydrogen-bond donors (Lipinski definition) is 2. The number of carbonyl (C=O) groups is 3. The number of halogens is 1. The molecule has 2 aliphatic rings. The van der Waals surface area contributed by atoms with Gasteiger partial charge in [0.05, 0.1) is 18.2 Å². The highest BCUT2D eigenvalue weighted by atomic mass is 19.1. The predicted molar refractivity (Wildman–Crippen MR) is 139 cm³/mol. The second-order valence-electron chi connectivity index (χ2n) is 10.4. The van der Waals surface area contributed by atoms with Crippen molar-refractivity contribution >= 4 is 18.0 Å². The molecule has 2 atom stereocenters. The third-order valence-corrected chi connectivity index (χ3v) is 6.26. The van der Waals surface area contributed by atoms with Crippen molar-refractivity contribution in [3.8, 4) is 0 Å². The van der Waals surface area contributed by atoms with Gasteiger partial charge >= 0.3 is 18.0 Å². The molecule has 0 aromatic heterocycles. The first-order valence-corrected chi connectivity index (χ1v) is 12.6. The number of hydrogen-bond acceptors (Lipinski definition) is 5. The number of ether oxygens (including phenoxy) is 1. The molecule has 1 aromatic rings. The van der Waals surface area contributed by atoms with Gasteiger partial charge in [0.2, 0.25) is 0 Å². The van der Waals surface area contributed by atoms with E-state index in [0.717, 1.165) is 0 Å². The number of nitrogens with zero attached hydrogens (tertiary/aromatic N) is 3. The Kier molecular flexibility index (Phi) is 8.96. The van der Waals surface area contributed by atoms with E-state index >= 15 is 0 Å². The van der Waals surface area contributed by atoms with Crippen molar-refractivity contribution in [3.05, 3.63) is 59.6 Å². The predicted octanol–water partition coefficient (Wildman–Crippen LogP) is 3.41. The summed E-state index contributed by atoms with van der Waals surface area (Å²) < 4.78 is 19.5. The van der Waals surface area contributed by atoms with Crippen molar-refractivity contribution in [1.82, 2.24) is 25.3 Å². The van der Waals surface area contributed by atoms with Crippen LogP contribution in [0.25, 0.3) is 0 Å². The highest BCUT2D eigenvalue weighted by Crippen LogP contribution is 2.32. The molecule has 2 aliphatic heterocycles. The summed E-state index contributed by atoms with van der Waals surface area (Å²) in [6.45, 7) is 15.5. The molecule has 202 valence electrons. The van der Waals surface area contributed by atoms with Gasteiger partial charge in [-0.2, -0.15) is 0 Å². The van der Waals surface area contributed by atoms with Crippen LogP contribution in [0, 0.1) is 5.82 Å². The normalized spacial score (nSPS) is 21.0. The van der Waals surface area contributed by atoms with E-state index in [4.69, 9.17) is 4.74 Å². The van der Waals surface area contributed by atoms with Crippen LogP contribution in [0.1, 0.15) is 46.2 Å². The molecule has 2 heterocycles. The van der Waals surface area contributed by atoms with Crippen molar-refractivity contribution in [3.63, 3.8) is 0 Å². The number of piperazine rings is 1.